The third-order valence-corrected chi connectivity index (χ3v) is 3.87. The van der Waals surface area contributed by atoms with E-state index in [-0.39, 0.29) is 18.3 Å². The van der Waals surface area contributed by atoms with Crippen LogP contribution in [-0.2, 0) is 11.2 Å². The summed E-state index contributed by atoms with van der Waals surface area (Å²) in [4.78, 5) is 0. The lowest BCUT2D eigenvalue weighted by Gasteiger charge is -2.25. The average Bonchev–Trinajstić information content (AvgIpc) is 2.81. The molecule has 0 spiro atoms. The highest BCUT2D eigenvalue weighted by molar-refractivity contribution is 5.49. The van der Waals surface area contributed by atoms with Crippen molar-refractivity contribution in [2.75, 3.05) is 13.7 Å². The summed E-state index contributed by atoms with van der Waals surface area (Å²) in [5, 5.41) is 9.61. The maximum atomic E-state index is 9.61. The van der Waals surface area contributed by atoms with Crippen LogP contribution >= 0.6 is 0 Å². The van der Waals surface area contributed by atoms with Crippen LogP contribution in [-0.4, -0.2) is 37.1 Å². The molecule has 118 valence electrons. The maximum Gasteiger partial charge on any atom is 0.125 e. The summed E-state index contributed by atoms with van der Waals surface area (Å²) < 4.78 is 17.1. The van der Waals surface area contributed by atoms with Gasteiger partial charge in [0.15, 0.2) is 0 Å². The first-order valence-electron chi connectivity index (χ1n) is 7.37. The van der Waals surface area contributed by atoms with Crippen LogP contribution in [0.15, 0.2) is 12.1 Å². The zero-order valence-electron chi connectivity index (χ0n) is 13.1. The van der Waals surface area contributed by atoms with Gasteiger partial charge in [-0.05, 0) is 32.9 Å². The molecule has 4 unspecified atom stereocenters. The molecule has 1 aromatic carbocycles. The molecule has 0 saturated carbocycles. The van der Waals surface area contributed by atoms with Gasteiger partial charge in [0, 0.05) is 24.1 Å². The van der Waals surface area contributed by atoms with Crippen LogP contribution in [0.1, 0.15) is 38.0 Å². The van der Waals surface area contributed by atoms with Gasteiger partial charge in [-0.25, -0.2) is 0 Å². The molecule has 1 aromatic rings. The zero-order valence-corrected chi connectivity index (χ0v) is 13.1. The first kappa shape index (κ1) is 16.1. The Bertz CT molecular complexity index is 489. The number of hydrogen-bond donors (Lipinski definition) is 2. The Balaban J connectivity index is 2.30. The third-order valence-electron chi connectivity index (χ3n) is 3.87. The summed E-state index contributed by atoms with van der Waals surface area (Å²) >= 11 is 0. The molecular weight excluding hydrogens is 270 g/mol. The van der Waals surface area contributed by atoms with Crippen LogP contribution in [0.5, 0.6) is 11.5 Å². The minimum Gasteiger partial charge on any atom is -0.496 e. The Hall–Kier alpha value is -1.30. The third kappa shape index (κ3) is 3.48. The number of ether oxygens (including phenoxy) is 3. The molecule has 2 rings (SSSR count). The predicted molar refractivity (Wildman–Crippen MR) is 80.8 cm³/mol. The van der Waals surface area contributed by atoms with Crippen LogP contribution in [0.25, 0.3) is 0 Å². The summed E-state index contributed by atoms with van der Waals surface area (Å²) in [5.41, 5.74) is 7.85. The normalized spacial score (nSPS) is 21.3. The molecule has 0 aromatic heterocycles. The molecule has 0 bridgehead atoms. The Morgan fingerprint density at radius 3 is 2.71 bits per heavy atom. The summed E-state index contributed by atoms with van der Waals surface area (Å²) in [5.74, 6) is 1.62. The van der Waals surface area contributed by atoms with Crippen LogP contribution in [0.3, 0.4) is 0 Å². The fourth-order valence-corrected chi connectivity index (χ4v) is 2.51. The molecule has 3 N–H and O–H groups in total. The van der Waals surface area contributed by atoms with E-state index in [0.29, 0.717) is 6.54 Å². The van der Waals surface area contributed by atoms with Crippen LogP contribution in [0.4, 0.5) is 0 Å². The molecule has 0 saturated heterocycles. The van der Waals surface area contributed by atoms with E-state index in [4.69, 9.17) is 19.9 Å². The molecule has 4 atom stereocenters. The topological polar surface area (TPSA) is 73.9 Å². The molecule has 0 radical (unpaired) electrons. The Kier molecular flexibility index (Phi) is 5.08. The number of hydrogen-bond acceptors (Lipinski definition) is 5. The lowest BCUT2D eigenvalue weighted by Crippen LogP contribution is -2.28. The van der Waals surface area contributed by atoms with Crippen molar-refractivity contribution in [2.45, 2.75) is 51.6 Å². The van der Waals surface area contributed by atoms with Gasteiger partial charge in [0.25, 0.3) is 0 Å². The highest BCUT2D eigenvalue weighted by Gasteiger charge is 2.26. The summed E-state index contributed by atoms with van der Waals surface area (Å²) in [6.45, 7) is 5.87. The highest BCUT2D eigenvalue weighted by atomic mass is 16.5. The molecule has 0 fully saturated rings. The van der Waals surface area contributed by atoms with Crippen molar-refractivity contribution in [3.8, 4) is 11.5 Å². The Morgan fingerprint density at radius 1 is 1.43 bits per heavy atom. The van der Waals surface area contributed by atoms with Crippen molar-refractivity contribution in [2.24, 2.45) is 5.73 Å². The smallest absolute Gasteiger partial charge is 0.125 e. The molecule has 0 aliphatic carbocycles. The summed E-state index contributed by atoms with van der Waals surface area (Å²) in [7, 11) is 1.64. The summed E-state index contributed by atoms with van der Waals surface area (Å²) in [6.07, 6.45) is -0.153. The molecule has 5 heteroatoms. The van der Waals surface area contributed by atoms with Crippen molar-refractivity contribution in [1.29, 1.82) is 0 Å². The van der Waals surface area contributed by atoms with E-state index in [2.05, 4.69) is 0 Å². The van der Waals surface area contributed by atoms with Crippen LogP contribution < -0.4 is 15.2 Å². The molecule has 1 aliphatic heterocycles. The van der Waals surface area contributed by atoms with E-state index < -0.39 is 6.10 Å². The van der Waals surface area contributed by atoms with Gasteiger partial charge in [-0.3, -0.25) is 0 Å². The van der Waals surface area contributed by atoms with E-state index in [1.54, 1.807) is 14.0 Å². The van der Waals surface area contributed by atoms with E-state index in [1.807, 2.05) is 26.0 Å². The Labute approximate surface area is 126 Å². The van der Waals surface area contributed by atoms with E-state index in [0.717, 1.165) is 29.0 Å². The number of rotatable bonds is 6. The van der Waals surface area contributed by atoms with Crippen LogP contribution in [0.2, 0.25) is 0 Å². The average molecular weight is 295 g/mol. The van der Waals surface area contributed by atoms with E-state index >= 15 is 0 Å². The quantitative estimate of drug-likeness (QED) is 0.837. The van der Waals surface area contributed by atoms with Gasteiger partial charge >= 0.3 is 0 Å². The number of aliphatic hydroxyl groups is 1. The van der Waals surface area contributed by atoms with Crippen molar-refractivity contribution < 1.29 is 19.3 Å². The van der Waals surface area contributed by atoms with Crippen molar-refractivity contribution in [3.05, 3.63) is 23.3 Å². The number of fused-ring (bicyclic) bond motifs is 1. The summed E-state index contributed by atoms with van der Waals surface area (Å²) in [6, 6.07) is 3.94. The van der Waals surface area contributed by atoms with Gasteiger partial charge in [0.05, 0.1) is 25.4 Å². The fourth-order valence-electron chi connectivity index (χ4n) is 2.51. The molecule has 21 heavy (non-hydrogen) atoms. The molecule has 0 amide bonds. The van der Waals surface area contributed by atoms with Crippen molar-refractivity contribution in [1.82, 2.24) is 0 Å². The number of aliphatic hydroxyl groups excluding tert-OH is 1. The molecule has 1 aliphatic rings. The second-order valence-electron chi connectivity index (χ2n) is 5.64. The van der Waals surface area contributed by atoms with Crippen molar-refractivity contribution in [3.63, 3.8) is 0 Å². The fraction of sp³-hybridized carbons (Fsp3) is 0.625. The molecule has 5 nitrogen and oxygen atoms in total. The standard InChI is InChI=1S/C16H25NO4/c1-9-5-12-6-15(19-4)13(7-14(12)20-9)16(8-17)21-11(3)10(2)18/h6-7,9-11,16,18H,5,8,17H2,1-4H3. The lowest BCUT2D eigenvalue weighted by molar-refractivity contribution is -0.0598. The first-order valence-corrected chi connectivity index (χ1v) is 7.37. The number of benzene rings is 1. The zero-order chi connectivity index (χ0) is 15.6. The van der Waals surface area contributed by atoms with Gasteiger partial charge < -0.3 is 25.1 Å². The number of nitrogens with two attached hydrogens (primary N) is 1. The molecule has 1 heterocycles. The lowest BCUT2D eigenvalue weighted by atomic mass is 10.0. The van der Waals surface area contributed by atoms with E-state index in [1.165, 1.54) is 0 Å². The van der Waals surface area contributed by atoms with Gasteiger partial charge in [0.1, 0.15) is 17.6 Å². The number of methoxy groups -OCH3 is 1. The van der Waals surface area contributed by atoms with E-state index in [9.17, 15) is 5.11 Å². The van der Waals surface area contributed by atoms with Crippen LogP contribution in [0, 0.1) is 0 Å². The predicted octanol–water partition coefficient (Wildman–Crippen LogP) is 1.80. The second kappa shape index (κ2) is 6.64. The molecular formula is C16H25NO4. The minimum atomic E-state index is -0.559. The maximum absolute atomic E-state index is 9.61. The minimum absolute atomic E-state index is 0.175. The van der Waals surface area contributed by atoms with Gasteiger partial charge in [-0.2, -0.15) is 0 Å². The Morgan fingerprint density at radius 2 is 2.14 bits per heavy atom. The van der Waals surface area contributed by atoms with Gasteiger partial charge in [-0.15, -0.1) is 0 Å². The van der Waals surface area contributed by atoms with Gasteiger partial charge in [-0.1, -0.05) is 0 Å². The van der Waals surface area contributed by atoms with Crippen molar-refractivity contribution >= 4 is 0 Å². The highest BCUT2D eigenvalue weighted by Crippen LogP contribution is 2.38. The largest absolute Gasteiger partial charge is 0.496 e. The second-order valence-corrected chi connectivity index (χ2v) is 5.64. The SMILES string of the molecule is COc1cc2c(cc1C(CN)OC(C)C(C)O)OC(C)C2. The van der Waals surface area contributed by atoms with Gasteiger partial charge in [0.2, 0.25) is 0 Å². The monoisotopic (exact) mass is 295 g/mol. The first-order chi connectivity index (χ1) is 9.96.